The van der Waals surface area contributed by atoms with Gasteiger partial charge in [0.1, 0.15) is 5.56 Å². The van der Waals surface area contributed by atoms with Gasteiger partial charge >= 0.3 is 5.97 Å². The van der Waals surface area contributed by atoms with Crippen LogP contribution in [0.15, 0.2) is 28.9 Å². The minimum Gasteiger partial charge on any atom is -0.462 e. The zero-order valence-corrected chi connectivity index (χ0v) is 14.1. The maximum Gasteiger partial charge on any atom is 0.341 e. The smallest absolute Gasteiger partial charge is 0.341 e. The van der Waals surface area contributed by atoms with Gasteiger partial charge in [-0.15, -0.1) is 0 Å². The van der Waals surface area contributed by atoms with Gasteiger partial charge in [-0.1, -0.05) is 28.8 Å². The molecule has 2 aromatic rings. The van der Waals surface area contributed by atoms with Crippen molar-refractivity contribution in [1.82, 2.24) is 4.98 Å². The van der Waals surface area contributed by atoms with E-state index in [4.69, 9.17) is 4.74 Å². The molecule has 0 unspecified atom stereocenters. The lowest BCUT2D eigenvalue weighted by molar-refractivity contribution is 0.0527. The van der Waals surface area contributed by atoms with Crippen LogP contribution in [0.4, 0.5) is 5.69 Å². The first-order chi connectivity index (χ1) is 10.7. The van der Waals surface area contributed by atoms with Crippen molar-refractivity contribution in [2.24, 2.45) is 0 Å². The lowest BCUT2D eigenvalue weighted by Crippen LogP contribution is -2.18. The SMILES string of the molecule is CCOC(=O)c1cnc2ccc(Br)cc2c1NC1CCCC1. The number of halogens is 1. The Morgan fingerprint density at radius 2 is 2.18 bits per heavy atom. The molecule has 4 nitrogen and oxygen atoms in total. The van der Waals surface area contributed by atoms with E-state index in [2.05, 4.69) is 26.2 Å². The van der Waals surface area contributed by atoms with Gasteiger partial charge in [0.25, 0.3) is 0 Å². The molecule has 5 heteroatoms. The Morgan fingerprint density at radius 1 is 1.41 bits per heavy atom. The van der Waals surface area contributed by atoms with Crippen LogP contribution >= 0.6 is 15.9 Å². The van der Waals surface area contributed by atoms with Gasteiger partial charge in [-0.2, -0.15) is 0 Å². The summed E-state index contributed by atoms with van der Waals surface area (Å²) in [5.41, 5.74) is 2.23. The second-order valence-electron chi connectivity index (χ2n) is 5.55. The molecule has 0 spiro atoms. The molecule has 1 aromatic carbocycles. The van der Waals surface area contributed by atoms with Crippen molar-refractivity contribution in [3.8, 4) is 0 Å². The highest BCUT2D eigenvalue weighted by atomic mass is 79.9. The molecule has 22 heavy (non-hydrogen) atoms. The molecule has 0 amide bonds. The molecule has 0 aliphatic heterocycles. The number of nitrogens with zero attached hydrogens (tertiary/aromatic N) is 1. The van der Waals surface area contributed by atoms with E-state index in [1.807, 2.05) is 25.1 Å². The number of anilines is 1. The number of carbonyl (C=O) groups excluding carboxylic acids is 1. The summed E-state index contributed by atoms with van der Waals surface area (Å²) in [6, 6.07) is 6.33. The highest BCUT2D eigenvalue weighted by molar-refractivity contribution is 9.10. The molecule has 3 rings (SSSR count). The third-order valence-electron chi connectivity index (χ3n) is 4.03. The predicted molar refractivity (Wildman–Crippen MR) is 91.3 cm³/mol. The molecule has 116 valence electrons. The number of benzene rings is 1. The van der Waals surface area contributed by atoms with Crippen LogP contribution in [0.3, 0.4) is 0 Å². The Morgan fingerprint density at radius 3 is 2.91 bits per heavy atom. The number of hydrogen-bond donors (Lipinski definition) is 1. The van der Waals surface area contributed by atoms with Gasteiger partial charge in [-0.25, -0.2) is 4.79 Å². The summed E-state index contributed by atoms with van der Waals surface area (Å²) in [6.45, 7) is 2.17. The number of pyridine rings is 1. The Balaban J connectivity index is 2.09. The molecule has 0 bridgehead atoms. The van der Waals surface area contributed by atoms with E-state index in [0.717, 1.165) is 33.9 Å². The predicted octanol–water partition coefficient (Wildman–Crippen LogP) is 4.53. The van der Waals surface area contributed by atoms with Gasteiger partial charge in [0.15, 0.2) is 0 Å². The van der Waals surface area contributed by atoms with Crippen molar-refractivity contribution in [2.75, 3.05) is 11.9 Å². The second-order valence-corrected chi connectivity index (χ2v) is 6.47. The molecule has 1 aromatic heterocycles. The average molecular weight is 363 g/mol. The molecule has 1 fully saturated rings. The first-order valence-corrected chi connectivity index (χ1v) is 8.50. The largest absolute Gasteiger partial charge is 0.462 e. The number of rotatable bonds is 4. The monoisotopic (exact) mass is 362 g/mol. The summed E-state index contributed by atoms with van der Waals surface area (Å²) < 4.78 is 6.15. The van der Waals surface area contributed by atoms with Gasteiger partial charge < -0.3 is 10.1 Å². The van der Waals surface area contributed by atoms with Crippen molar-refractivity contribution < 1.29 is 9.53 Å². The number of ether oxygens (including phenoxy) is 1. The third kappa shape index (κ3) is 3.09. The molecular formula is C17H19BrN2O2. The highest BCUT2D eigenvalue weighted by Gasteiger charge is 2.21. The fourth-order valence-electron chi connectivity index (χ4n) is 2.96. The fourth-order valence-corrected chi connectivity index (χ4v) is 3.32. The van der Waals surface area contributed by atoms with Gasteiger partial charge in [0.05, 0.1) is 17.8 Å². The Hall–Kier alpha value is -1.62. The van der Waals surface area contributed by atoms with Crippen LogP contribution in [0.1, 0.15) is 43.0 Å². The minimum atomic E-state index is -0.322. The summed E-state index contributed by atoms with van der Waals surface area (Å²) in [7, 11) is 0. The van der Waals surface area contributed by atoms with Crippen LogP contribution in [0.25, 0.3) is 10.9 Å². The molecule has 0 atom stereocenters. The second kappa shape index (κ2) is 6.65. The van der Waals surface area contributed by atoms with Crippen LogP contribution < -0.4 is 5.32 Å². The van der Waals surface area contributed by atoms with Gasteiger partial charge in [0.2, 0.25) is 0 Å². The van der Waals surface area contributed by atoms with Crippen molar-refractivity contribution in [1.29, 1.82) is 0 Å². The number of hydrogen-bond acceptors (Lipinski definition) is 4. The number of esters is 1. The zero-order valence-electron chi connectivity index (χ0n) is 12.6. The van der Waals surface area contributed by atoms with Crippen LogP contribution in [0.2, 0.25) is 0 Å². The van der Waals surface area contributed by atoms with Crippen molar-refractivity contribution in [3.63, 3.8) is 0 Å². The van der Waals surface area contributed by atoms with Gasteiger partial charge in [0, 0.05) is 22.1 Å². The third-order valence-corrected chi connectivity index (χ3v) is 4.52. The Kier molecular flexibility index (Phi) is 4.62. The minimum absolute atomic E-state index is 0.322. The highest BCUT2D eigenvalue weighted by Crippen LogP contribution is 2.32. The molecule has 1 N–H and O–H groups in total. The zero-order chi connectivity index (χ0) is 15.5. The topological polar surface area (TPSA) is 51.2 Å². The molecule has 1 aliphatic rings. The summed E-state index contributed by atoms with van der Waals surface area (Å²) in [4.78, 5) is 16.7. The molecule has 1 aliphatic carbocycles. The number of nitrogens with one attached hydrogen (secondary N) is 1. The van der Waals surface area contributed by atoms with Crippen molar-refractivity contribution >= 4 is 38.5 Å². The first kappa shape index (κ1) is 15.3. The Labute approximate surface area is 138 Å². The van der Waals surface area contributed by atoms with Crippen molar-refractivity contribution in [2.45, 2.75) is 38.6 Å². The van der Waals surface area contributed by atoms with Crippen molar-refractivity contribution in [3.05, 3.63) is 34.4 Å². The summed E-state index contributed by atoms with van der Waals surface area (Å²) >= 11 is 3.50. The van der Waals surface area contributed by atoms with E-state index >= 15 is 0 Å². The molecule has 1 saturated carbocycles. The quantitative estimate of drug-likeness (QED) is 0.811. The van der Waals surface area contributed by atoms with Crippen LogP contribution in [0, 0.1) is 0 Å². The van der Waals surface area contributed by atoms with E-state index < -0.39 is 0 Å². The van der Waals surface area contributed by atoms with E-state index in [1.54, 1.807) is 6.20 Å². The van der Waals surface area contributed by atoms with E-state index in [1.165, 1.54) is 12.8 Å². The van der Waals surface area contributed by atoms with Crippen LogP contribution in [-0.2, 0) is 4.74 Å². The van der Waals surface area contributed by atoms with E-state index in [-0.39, 0.29) is 5.97 Å². The van der Waals surface area contributed by atoms with E-state index in [9.17, 15) is 4.79 Å². The average Bonchev–Trinajstić information content (AvgIpc) is 3.01. The van der Waals surface area contributed by atoms with Crippen LogP contribution in [0.5, 0.6) is 0 Å². The molecular weight excluding hydrogens is 344 g/mol. The lowest BCUT2D eigenvalue weighted by Gasteiger charge is -2.18. The maximum absolute atomic E-state index is 12.3. The van der Waals surface area contributed by atoms with Crippen LogP contribution in [-0.4, -0.2) is 23.6 Å². The first-order valence-electron chi connectivity index (χ1n) is 7.71. The number of carbonyl (C=O) groups is 1. The Bertz CT molecular complexity index is 696. The van der Waals surface area contributed by atoms with Gasteiger partial charge in [-0.05, 0) is 38.0 Å². The lowest BCUT2D eigenvalue weighted by atomic mass is 10.1. The summed E-state index contributed by atoms with van der Waals surface area (Å²) in [5, 5.41) is 4.51. The number of fused-ring (bicyclic) bond motifs is 1. The molecule has 1 heterocycles. The normalized spacial score (nSPS) is 15.2. The summed E-state index contributed by atoms with van der Waals surface area (Å²) in [5.74, 6) is -0.322. The molecule has 0 saturated heterocycles. The molecule has 0 radical (unpaired) electrons. The van der Waals surface area contributed by atoms with Gasteiger partial charge in [-0.3, -0.25) is 4.98 Å². The van der Waals surface area contributed by atoms with E-state index in [0.29, 0.717) is 18.2 Å². The standard InChI is InChI=1S/C17H19BrN2O2/c1-2-22-17(21)14-10-19-15-8-7-11(18)9-13(15)16(14)20-12-5-3-4-6-12/h7-10,12H,2-6H2,1H3,(H,19,20). The summed E-state index contributed by atoms with van der Waals surface area (Å²) in [6.07, 6.45) is 6.36. The maximum atomic E-state index is 12.3. The fraction of sp³-hybridized carbons (Fsp3) is 0.412. The number of aromatic nitrogens is 1.